The summed E-state index contributed by atoms with van der Waals surface area (Å²) in [5, 5.41) is 18.4. The van der Waals surface area contributed by atoms with E-state index in [0.717, 1.165) is 48.8 Å². The zero-order valence-corrected chi connectivity index (χ0v) is 15.8. The molecule has 2 amide bonds. The monoisotopic (exact) mass is 381 g/mol. The van der Waals surface area contributed by atoms with Gasteiger partial charge in [-0.1, -0.05) is 18.2 Å². The molecule has 0 unspecified atom stereocenters. The van der Waals surface area contributed by atoms with E-state index < -0.39 is 0 Å². The molecule has 2 aromatic heterocycles. The van der Waals surface area contributed by atoms with Crippen LogP contribution in [0.2, 0.25) is 0 Å². The predicted molar refractivity (Wildman–Crippen MR) is 103 cm³/mol. The number of hydrogen-bond donors (Lipinski definition) is 2. The van der Waals surface area contributed by atoms with Gasteiger partial charge in [0.1, 0.15) is 17.4 Å². The number of nitrogens with one attached hydrogen (secondary N) is 2. The number of methoxy groups -OCH3 is 1. The van der Waals surface area contributed by atoms with Crippen LogP contribution in [-0.4, -0.2) is 37.7 Å². The van der Waals surface area contributed by atoms with Gasteiger partial charge in [-0.3, -0.25) is 5.32 Å². The first-order valence-corrected chi connectivity index (χ1v) is 9.34. The summed E-state index contributed by atoms with van der Waals surface area (Å²) in [7, 11) is 1.64. The van der Waals surface area contributed by atoms with E-state index in [9.17, 15) is 4.79 Å². The van der Waals surface area contributed by atoms with Crippen molar-refractivity contribution in [3.8, 4) is 5.75 Å². The van der Waals surface area contributed by atoms with Crippen LogP contribution in [0.3, 0.4) is 0 Å². The molecule has 1 aliphatic heterocycles. The Labute approximate surface area is 162 Å². The Morgan fingerprint density at radius 3 is 3.00 bits per heavy atom. The second-order valence-corrected chi connectivity index (χ2v) is 6.63. The SMILES string of the molecule is COc1ccccc1Cn1nccc1NC(=O)NCc1nnc2n1CCCC2. The van der Waals surface area contributed by atoms with E-state index in [1.807, 2.05) is 24.3 Å². The van der Waals surface area contributed by atoms with Crippen LogP contribution in [0, 0.1) is 0 Å². The van der Waals surface area contributed by atoms with Gasteiger partial charge in [0, 0.05) is 24.6 Å². The zero-order chi connectivity index (χ0) is 19.3. The van der Waals surface area contributed by atoms with Crippen molar-refractivity contribution < 1.29 is 9.53 Å². The zero-order valence-electron chi connectivity index (χ0n) is 15.8. The van der Waals surface area contributed by atoms with Gasteiger partial charge in [0.15, 0.2) is 5.82 Å². The lowest BCUT2D eigenvalue weighted by molar-refractivity contribution is 0.251. The normalized spacial score (nSPS) is 13.0. The predicted octanol–water partition coefficient (Wildman–Crippen LogP) is 2.19. The average Bonchev–Trinajstić information content (AvgIpc) is 3.34. The van der Waals surface area contributed by atoms with Crippen molar-refractivity contribution >= 4 is 11.8 Å². The van der Waals surface area contributed by atoms with Gasteiger partial charge in [0.25, 0.3) is 0 Å². The van der Waals surface area contributed by atoms with Crippen LogP contribution in [0.25, 0.3) is 0 Å². The molecular formula is C19H23N7O2. The van der Waals surface area contributed by atoms with Crippen molar-refractivity contribution in [2.75, 3.05) is 12.4 Å². The molecule has 1 aromatic carbocycles. The van der Waals surface area contributed by atoms with E-state index in [2.05, 4.69) is 30.5 Å². The molecular weight excluding hydrogens is 358 g/mol. The molecule has 0 saturated carbocycles. The minimum absolute atomic E-state index is 0.310. The van der Waals surface area contributed by atoms with Gasteiger partial charge >= 0.3 is 6.03 Å². The van der Waals surface area contributed by atoms with Crippen LogP contribution >= 0.6 is 0 Å². The van der Waals surface area contributed by atoms with Gasteiger partial charge in [-0.15, -0.1) is 10.2 Å². The summed E-state index contributed by atoms with van der Waals surface area (Å²) in [6.45, 7) is 1.73. The first-order valence-electron chi connectivity index (χ1n) is 9.34. The van der Waals surface area contributed by atoms with Gasteiger partial charge in [0.05, 0.1) is 26.4 Å². The van der Waals surface area contributed by atoms with Crippen molar-refractivity contribution in [2.24, 2.45) is 0 Å². The number of carbonyl (C=O) groups excluding carboxylic acids is 1. The Hall–Kier alpha value is -3.36. The quantitative estimate of drug-likeness (QED) is 0.682. The highest BCUT2D eigenvalue weighted by atomic mass is 16.5. The van der Waals surface area contributed by atoms with Gasteiger partial charge < -0.3 is 14.6 Å². The molecule has 9 nitrogen and oxygen atoms in total. The number of carbonyl (C=O) groups is 1. The van der Waals surface area contributed by atoms with Crippen molar-refractivity contribution in [3.05, 3.63) is 53.7 Å². The van der Waals surface area contributed by atoms with Gasteiger partial charge in [-0.2, -0.15) is 5.10 Å². The molecule has 0 radical (unpaired) electrons. The molecule has 2 N–H and O–H groups in total. The fourth-order valence-electron chi connectivity index (χ4n) is 3.38. The first kappa shape index (κ1) is 18.0. The summed E-state index contributed by atoms with van der Waals surface area (Å²) < 4.78 is 9.20. The Balaban J connectivity index is 1.38. The maximum atomic E-state index is 12.4. The summed E-state index contributed by atoms with van der Waals surface area (Å²) in [5.41, 5.74) is 0.979. The number of anilines is 1. The van der Waals surface area contributed by atoms with Crippen molar-refractivity contribution in [2.45, 2.75) is 38.9 Å². The van der Waals surface area contributed by atoms with Crippen LogP contribution in [0.4, 0.5) is 10.6 Å². The third-order valence-corrected chi connectivity index (χ3v) is 4.81. The fraction of sp³-hybridized carbons (Fsp3) is 0.368. The average molecular weight is 381 g/mol. The molecule has 0 atom stereocenters. The molecule has 9 heteroatoms. The molecule has 0 aliphatic carbocycles. The van der Waals surface area contributed by atoms with Gasteiger partial charge in [-0.25, -0.2) is 9.48 Å². The lowest BCUT2D eigenvalue weighted by Gasteiger charge is -2.15. The van der Waals surface area contributed by atoms with Crippen LogP contribution < -0.4 is 15.4 Å². The van der Waals surface area contributed by atoms with Crippen LogP contribution in [0.5, 0.6) is 5.75 Å². The largest absolute Gasteiger partial charge is 0.496 e. The third-order valence-electron chi connectivity index (χ3n) is 4.81. The topological polar surface area (TPSA) is 98.9 Å². The Kier molecular flexibility index (Phi) is 5.22. The number of nitrogens with zero attached hydrogens (tertiary/aromatic N) is 5. The number of hydrogen-bond acceptors (Lipinski definition) is 5. The minimum atomic E-state index is -0.310. The second-order valence-electron chi connectivity index (χ2n) is 6.63. The van der Waals surface area contributed by atoms with Crippen LogP contribution in [0.1, 0.15) is 30.1 Å². The molecule has 3 aromatic rings. The number of amides is 2. The number of aryl methyl sites for hydroxylation is 1. The summed E-state index contributed by atoms with van der Waals surface area (Å²) in [4.78, 5) is 12.4. The first-order chi connectivity index (χ1) is 13.7. The van der Waals surface area contributed by atoms with Crippen molar-refractivity contribution in [1.29, 1.82) is 0 Å². The maximum absolute atomic E-state index is 12.4. The summed E-state index contributed by atoms with van der Waals surface area (Å²) >= 11 is 0. The summed E-state index contributed by atoms with van der Waals surface area (Å²) in [6, 6.07) is 9.18. The molecule has 146 valence electrons. The molecule has 0 bridgehead atoms. The highest BCUT2D eigenvalue weighted by Crippen LogP contribution is 2.20. The van der Waals surface area contributed by atoms with Crippen molar-refractivity contribution in [3.63, 3.8) is 0 Å². The number of aromatic nitrogens is 5. The number of ether oxygens (including phenoxy) is 1. The third kappa shape index (κ3) is 3.83. The molecule has 0 saturated heterocycles. The van der Waals surface area contributed by atoms with Gasteiger partial charge in [-0.05, 0) is 18.9 Å². The van der Waals surface area contributed by atoms with Crippen molar-refractivity contribution in [1.82, 2.24) is 29.9 Å². The number of urea groups is 1. The van der Waals surface area contributed by atoms with E-state index in [1.54, 1.807) is 24.1 Å². The summed E-state index contributed by atoms with van der Waals surface area (Å²) in [5.74, 6) is 3.17. The highest BCUT2D eigenvalue weighted by Gasteiger charge is 2.16. The van der Waals surface area contributed by atoms with E-state index in [-0.39, 0.29) is 6.03 Å². The maximum Gasteiger partial charge on any atom is 0.320 e. The summed E-state index contributed by atoms with van der Waals surface area (Å²) in [6.07, 6.45) is 4.86. The van der Waals surface area contributed by atoms with E-state index in [1.165, 1.54) is 0 Å². The number of rotatable bonds is 6. The standard InChI is InChI=1S/C19H23N7O2/c1-28-15-7-3-2-6-14(15)13-26-16(9-10-21-26)22-19(27)20-12-18-24-23-17-8-4-5-11-25(17)18/h2-3,6-7,9-10H,4-5,8,11-13H2,1H3,(H2,20,22,27). The van der Waals surface area contributed by atoms with E-state index in [4.69, 9.17) is 4.74 Å². The Morgan fingerprint density at radius 2 is 2.11 bits per heavy atom. The van der Waals surface area contributed by atoms with E-state index >= 15 is 0 Å². The molecule has 0 fully saturated rings. The molecule has 28 heavy (non-hydrogen) atoms. The van der Waals surface area contributed by atoms with Crippen LogP contribution in [-0.2, 0) is 26.1 Å². The smallest absolute Gasteiger partial charge is 0.320 e. The molecule has 3 heterocycles. The van der Waals surface area contributed by atoms with Crippen LogP contribution in [0.15, 0.2) is 36.5 Å². The van der Waals surface area contributed by atoms with E-state index in [0.29, 0.717) is 18.9 Å². The fourth-order valence-corrected chi connectivity index (χ4v) is 3.38. The number of para-hydroxylation sites is 1. The molecule has 0 spiro atoms. The lowest BCUT2D eigenvalue weighted by Crippen LogP contribution is -2.30. The minimum Gasteiger partial charge on any atom is -0.496 e. The Morgan fingerprint density at radius 1 is 1.21 bits per heavy atom. The van der Waals surface area contributed by atoms with Gasteiger partial charge in [0.2, 0.25) is 0 Å². The molecule has 1 aliphatic rings. The number of benzene rings is 1. The Bertz CT molecular complexity index is 963. The second kappa shape index (κ2) is 8.12. The molecule has 4 rings (SSSR count). The lowest BCUT2D eigenvalue weighted by atomic mass is 10.2. The highest BCUT2D eigenvalue weighted by molar-refractivity contribution is 5.88. The number of fused-ring (bicyclic) bond motifs is 1.